The molecule has 2 rings (SSSR count). The molecule has 5 nitrogen and oxygen atoms in total. The van der Waals surface area contributed by atoms with Gasteiger partial charge in [0.15, 0.2) is 5.13 Å². The maximum Gasteiger partial charge on any atom is 0.236 e. The zero-order chi connectivity index (χ0) is 16.7. The first-order valence-electron chi connectivity index (χ1n) is 7.25. The molecule has 0 aliphatic rings. The van der Waals surface area contributed by atoms with Gasteiger partial charge in [0.05, 0.1) is 17.2 Å². The number of rotatable bonds is 7. The average molecular weight is 349 g/mol. The van der Waals surface area contributed by atoms with Crippen LogP contribution in [0.5, 0.6) is 0 Å². The van der Waals surface area contributed by atoms with Crippen LogP contribution in [0.2, 0.25) is 0 Å². The Hall–Kier alpha value is -1.86. The van der Waals surface area contributed by atoms with Gasteiger partial charge in [-0.3, -0.25) is 9.59 Å². The second-order valence-corrected chi connectivity index (χ2v) is 6.78. The molecule has 7 heteroatoms. The van der Waals surface area contributed by atoms with Gasteiger partial charge in [-0.15, -0.1) is 23.1 Å². The van der Waals surface area contributed by atoms with Crippen LogP contribution >= 0.6 is 23.1 Å². The van der Waals surface area contributed by atoms with Gasteiger partial charge in [0, 0.05) is 11.1 Å². The van der Waals surface area contributed by atoms with Crippen molar-refractivity contribution < 1.29 is 9.59 Å². The minimum atomic E-state index is -0.149. The van der Waals surface area contributed by atoms with E-state index in [-0.39, 0.29) is 23.3 Å². The maximum atomic E-state index is 11.8. The van der Waals surface area contributed by atoms with Crippen molar-refractivity contribution in [3.8, 4) is 0 Å². The Bertz CT molecular complexity index is 668. The fraction of sp³-hybridized carbons (Fsp3) is 0.312. The Kier molecular flexibility index (Phi) is 6.61. The number of amides is 2. The van der Waals surface area contributed by atoms with E-state index < -0.39 is 0 Å². The summed E-state index contributed by atoms with van der Waals surface area (Å²) in [6.07, 6.45) is 0.970. The summed E-state index contributed by atoms with van der Waals surface area (Å²) in [6.45, 7) is 3.96. The molecule has 0 unspecified atom stereocenters. The van der Waals surface area contributed by atoms with Crippen LogP contribution in [0, 0.1) is 6.92 Å². The molecule has 0 atom stereocenters. The first-order valence-corrected chi connectivity index (χ1v) is 9.28. The Morgan fingerprint density at radius 2 is 1.78 bits per heavy atom. The lowest BCUT2D eigenvalue weighted by Crippen LogP contribution is -2.18. The van der Waals surface area contributed by atoms with Gasteiger partial charge in [-0.1, -0.05) is 19.1 Å². The lowest BCUT2D eigenvalue weighted by atomic mass is 10.1. The van der Waals surface area contributed by atoms with E-state index in [0.29, 0.717) is 5.13 Å². The third-order valence-electron chi connectivity index (χ3n) is 2.98. The number of anilines is 2. The van der Waals surface area contributed by atoms with Gasteiger partial charge >= 0.3 is 0 Å². The van der Waals surface area contributed by atoms with Crippen LogP contribution in [-0.2, 0) is 16.0 Å². The summed E-state index contributed by atoms with van der Waals surface area (Å²) < 4.78 is 0. The predicted octanol–water partition coefficient (Wildman–Crippen LogP) is 3.32. The van der Waals surface area contributed by atoms with E-state index in [4.69, 9.17) is 0 Å². The molecule has 0 saturated heterocycles. The lowest BCUT2D eigenvalue weighted by molar-refractivity contribution is -0.114. The third-order valence-corrected chi connectivity index (χ3v) is 4.79. The van der Waals surface area contributed by atoms with Gasteiger partial charge in [-0.2, -0.15) is 0 Å². The summed E-state index contributed by atoms with van der Waals surface area (Å²) in [4.78, 5) is 27.7. The van der Waals surface area contributed by atoms with Crippen LogP contribution in [0.4, 0.5) is 10.8 Å². The summed E-state index contributed by atoms with van der Waals surface area (Å²) in [5.41, 5.74) is 2.88. The number of carbonyl (C=O) groups excluding carboxylic acids is 2. The highest BCUT2D eigenvalue weighted by Crippen LogP contribution is 2.15. The molecule has 23 heavy (non-hydrogen) atoms. The number of nitrogens with one attached hydrogen (secondary N) is 2. The Labute approximate surface area is 143 Å². The molecular weight excluding hydrogens is 330 g/mol. The molecule has 0 spiro atoms. The largest absolute Gasteiger partial charge is 0.325 e. The van der Waals surface area contributed by atoms with E-state index in [2.05, 4.69) is 22.5 Å². The highest BCUT2D eigenvalue weighted by molar-refractivity contribution is 8.00. The van der Waals surface area contributed by atoms with Crippen molar-refractivity contribution in [1.29, 1.82) is 0 Å². The maximum absolute atomic E-state index is 11.8. The minimum Gasteiger partial charge on any atom is -0.325 e. The number of thioether (sulfide) groups is 1. The van der Waals surface area contributed by atoms with Crippen molar-refractivity contribution in [2.24, 2.45) is 0 Å². The summed E-state index contributed by atoms with van der Waals surface area (Å²) in [5, 5.41) is 8.00. The first-order chi connectivity index (χ1) is 11.1. The number of thiazole rings is 1. The van der Waals surface area contributed by atoms with Crippen molar-refractivity contribution in [3.05, 3.63) is 40.9 Å². The standard InChI is InChI=1S/C16H19N3O2S2/c1-3-12-4-6-13(7-5-12)18-14(20)9-22-10-15(21)19-16-17-11(2)8-23-16/h4-8H,3,9-10H2,1-2H3,(H,18,20)(H,17,19,21). The Morgan fingerprint density at radius 1 is 1.13 bits per heavy atom. The van der Waals surface area contributed by atoms with Crippen LogP contribution in [-0.4, -0.2) is 28.3 Å². The molecular formula is C16H19N3O2S2. The molecule has 1 heterocycles. The molecule has 0 aliphatic heterocycles. The fourth-order valence-corrected chi connectivity index (χ4v) is 3.15. The number of aromatic nitrogens is 1. The third kappa shape index (κ3) is 6.03. The van der Waals surface area contributed by atoms with Gasteiger partial charge in [0.1, 0.15) is 0 Å². The Morgan fingerprint density at radius 3 is 2.35 bits per heavy atom. The molecule has 0 saturated carbocycles. The average Bonchev–Trinajstić information content (AvgIpc) is 2.93. The van der Waals surface area contributed by atoms with Crippen LogP contribution in [0.3, 0.4) is 0 Å². The number of benzene rings is 1. The summed E-state index contributed by atoms with van der Waals surface area (Å²) in [5.74, 6) is 0.197. The minimum absolute atomic E-state index is 0.114. The normalized spacial score (nSPS) is 10.3. The van der Waals surface area contributed by atoms with Gasteiger partial charge in [-0.05, 0) is 31.0 Å². The zero-order valence-corrected chi connectivity index (χ0v) is 14.7. The second kappa shape index (κ2) is 8.69. The topological polar surface area (TPSA) is 71.1 Å². The van der Waals surface area contributed by atoms with E-state index in [9.17, 15) is 9.59 Å². The van der Waals surface area contributed by atoms with Crippen LogP contribution in [0.15, 0.2) is 29.6 Å². The second-order valence-electron chi connectivity index (χ2n) is 4.93. The van der Waals surface area contributed by atoms with E-state index in [0.717, 1.165) is 17.8 Å². The van der Waals surface area contributed by atoms with Crippen molar-refractivity contribution in [1.82, 2.24) is 4.98 Å². The number of hydrogen-bond donors (Lipinski definition) is 2. The van der Waals surface area contributed by atoms with Crippen LogP contribution in [0.25, 0.3) is 0 Å². The monoisotopic (exact) mass is 349 g/mol. The van der Waals surface area contributed by atoms with Crippen molar-refractivity contribution in [3.63, 3.8) is 0 Å². The smallest absolute Gasteiger partial charge is 0.236 e. The molecule has 0 radical (unpaired) electrons. The highest BCUT2D eigenvalue weighted by atomic mass is 32.2. The predicted molar refractivity (Wildman–Crippen MR) is 97.3 cm³/mol. The summed E-state index contributed by atoms with van der Waals surface area (Å²) in [7, 11) is 0. The Balaban J connectivity index is 1.68. The highest BCUT2D eigenvalue weighted by Gasteiger charge is 2.08. The van der Waals surface area contributed by atoms with Gasteiger partial charge in [-0.25, -0.2) is 4.98 Å². The molecule has 0 fully saturated rings. The van der Waals surface area contributed by atoms with Gasteiger partial charge < -0.3 is 10.6 Å². The molecule has 2 aromatic rings. The molecule has 1 aromatic carbocycles. The summed E-state index contributed by atoms with van der Waals surface area (Å²) >= 11 is 2.67. The number of hydrogen-bond acceptors (Lipinski definition) is 5. The molecule has 122 valence electrons. The number of aryl methyl sites for hydroxylation is 2. The lowest BCUT2D eigenvalue weighted by Gasteiger charge is -2.06. The van der Waals surface area contributed by atoms with Gasteiger partial charge in [0.2, 0.25) is 11.8 Å². The van der Waals surface area contributed by atoms with Crippen LogP contribution in [0.1, 0.15) is 18.2 Å². The van der Waals surface area contributed by atoms with Crippen molar-refractivity contribution >= 4 is 45.7 Å². The van der Waals surface area contributed by atoms with Crippen molar-refractivity contribution in [2.75, 3.05) is 22.1 Å². The fourth-order valence-electron chi connectivity index (χ4n) is 1.82. The van der Waals surface area contributed by atoms with E-state index in [1.165, 1.54) is 28.7 Å². The van der Waals surface area contributed by atoms with Crippen LogP contribution < -0.4 is 10.6 Å². The SMILES string of the molecule is CCc1ccc(NC(=O)CSCC(=O)Nc2nc(C)cs2)cc1. The number of nitrogens with zero attached hydrogens (tertiary/aromatic N) is 1. The quantitative estimate of drug-likeness (QED) is 0.804. The molecule has 0 bridgehead atoms. The molecule has 2 amide bonds. The van der Waals surface area contributed by atoms with E-state index >= 15 is 0 Å². The molecule has 0 aliphatic carbocycles. The first kappa shape index (κ1) is 17.5. The van der Waals surface area contributed by atoms with Crippen molar-refractivity contribution in [2.45, 2.75) is 20.3 Å². The number of carbonyl (C=O) groups is 2. The molecule has 1 aromatic heterocycles. The van der Waals surface area contributed by atoms with E-state index in [1.54, 1.807) is 0 Å². The molecule has 2 N–H and O–H groups in total. The van der Waals surface area contributed by atoms with E-state index in [1.807, 2.05) is 36.6 Å². The zero-order valence-electron chi connectivity index (χ0n) is 13.1. The summed E-state index contributed by atoms with van der Waals surface area (Å²) in [6, 6.07) is 7.76. The van der Waals surface area contributed by atoms with Gasteiger partial charge in [0.25, 0.3) is 0 Å².